The van der Waals surface area contributed by atoms with Gasteiger partial charge in [0.05, 0.1) is 25.4 Å². The number of unbranched alkanes of at least 4 members (excludes halogenated alkanes) is 12. The molecule has 0 radical (unpaired) electrons. The summed E-state index contributed by atoms with van der Waals surface area (Å²) in [6, 6.07) is -0.825. The Bertz CT molecular complexity index is 874. The molecule has 0 spiro atoms. The standard InChI is InChI=1S/C38H67NO8/c1-3-5-7-9-11-13-14-15-16-17-18-20-22-24-26-28-34(42)39-31(32(41)27-25-23-21-19-12-10-8-6-4-2)30-46-38-37(45)36(44)35(43)33(29-40)47-38/h11-13,15-16,19,25,27,31-33,35-38,40-41,43-45H,3-10,14,17-18,20-24,26,28-30H2,1-2H3,(H,39,42)/b13-11+,16-15+,19-12+,27-25+/t31-,32+,33-,35-,36?,37?,38-/m0/s1. The van der Waals surface area contributed by atoms with Crippen LogP contribution >= 0.6 is 0 Å². The number of aliphatic hydroxyl groups excluding tert-OH is 5. The lowest BCUT2D eigenvalue weighted by Gasteiger charge is -2.40. The minimum atomic E-state index is -1.57. The molecule has 9 nitrogen and oxygen atoms in total. The third-order valence-electron chi connectivity index (χ3n) is 8.38. The number of aliphatic hydroxyl groups is 5. The van der Waals surface area contributed by atoms with Gasteiger partial charge in [-0.2, -0.15) is 0 Å². The van der Waals surface area contributed by atoms with Gasteiger partial charge in [0.1, 0.15) is 24.4 Å². The number of hydrogen-bond acceptors (Lipinski definition) is 8. The zero-order chi connectivity index (χ0) is 34.5. The highest BCUT2D eigenvalue weighted by molar-refractivity contribution is 5.76. The monoisotopic (exact) mass is 665 g/mol. The lowest BCUT2D eigenvalue weighted by Crippen LogP contribution is -2.60. The molecule has 1 saturated heterocycles. The number of carbonyl (C=O) groups excluding carboxylic acids is 1. The van der Waals surface area contributed by atoms with E-state index in [4.69, 9.17) is 9.47 Å². The summed E-state index contributed by atoms with van der Waals surface area (Å²) in [6.45, 7) is 3.62. The van der Waals surface area contributed by atoms with Crippen molar-refractivity contribution in [2.45, 2.75) is 172 Å². The van der Waals surface area contributed by atoms with Crippen molar-refractivity contribution in [1.82, 2.24) is 5.32 Å². The van der Waals surface area contributed by atoms with E-state index in [2.05, 4.69) is 55.6 Å². The summed E-state index contributed by atoms with van der Waals surface area (Å²) in [5, 5.41) is 53.7. The van der Waals surface area contributed by atoms with E-state index in [1.807, 2.05) is 6.08 Å². The van der Waals surface area contributed by atoms with Crippen LogP contribution in [0.15, 0.2) is 48.6 Å². The van der Waals surface area contributed by atoms with Crippen LogP contribution in [0.25, 0.3) is 0 Å². The van der Waals surface area contributed by atoms with Crippen LogP contribution in [0.2, 0.25) is 0 Å². The van der Waals surface area contributed by atoms with Crippen molar-refractivity contribution in [1.29, 1.82) is 0 Å². The quantitative estimate of drug-likeness (QED) is 0.0445. The van der Waals surface area contributed by atoms with Crippen LogP contribution in [-0.2, 0) is 14.3 Å². The Morgan fingerprint density at radius 1 is 0.723 bits per heavy atom. The van der Waals surface area contributed by atoms with Gasteiger partial charge in [-0.3, -0.25) is 4.79 Å². The zero-order valence-corrected chi connectivity index (χ0v) is 29.3. The Kier molecular flexibility index (Phi) is 26.7. The lowest BCUT2D eigenvalue weighted by atomic mass is 9.99. The fourth-order valence-corrected chi connectivity index (χ4v) is 5.32. The molecule has 0 saturated carbocycles. The Balaban J connectivity index is 2.48. The van der Waals surface area contributed by atoms with Gasteiger partial charge in [0.15, 0.2) is 6.29 Å². The molecule has 1 aliphatic rings. The predicted molar refractivity (Wildman–Crippen MR) is 189 cm³/mol. The summed E-state index contributed by atoms with van der Waals surface area (Å²) >= 11 is 0. The first kappa shape index (κ1) is 43.2. The Hall–Kier alpha value is -1.85. The van der Waals surface area contributed by atoms with Gasteiger partial charge in [0, 0.05) is 6.42 Å². The molecule has 47 heavy (non-hydrogen) atoms. The number of amides is 1. The molecular formula is C38H67NO8. The molecule has 272 valence electrons. The molecule has 1 amide bonds. The van der Waals surface area contributed by atoms with Crippen molar-refractivity contribution < 1.29 is 39.8 Å². The van der Waals surface area contributed by atoms with E-state index in [1.54, 1.807) is 6.08 Å². The van der Waals surface area contributed by atoms with E-state index >= 15 is 0 Å². The predicted octanol–water partition coefficient (Wildman–Crippen LogP) is 5.94. The summed E-state index contributed by atoms with van der Waals surface area (Å²) in [5.41, 5.74) is 0. The molecule has 0 aromatic carbocycles. The minimum absolute atomic E-state index is 0.208. The second-order valence-electron chi connectivity index (χ2n) is 12.6. The molecule has 1 heterocycles. The van der Waals surface area contributed by atoms with Gasteiger partial charge in [0.2, 0.25) is 5.91 Å². The highest BCUT2D eigenvalue weighted by Gasteiger charge is 2.44. The van der Waals surface area contributed by atoms with E-state index in [0.717, 1.165) is 64.2 Å². The Morgan fingerprint density at radius 3 is 1.91 bits per heavy atom. The normalized spacial score (nSPS) is 23.4. The number of hydrogen-bond donors (Lipinski definition) is 6. The molecule has 6 N–H and O–H groups in total. The maximum atomic E-state index is 12.8. The third kappa shape index (κ3) is 21.0. The topological polar surface area (TPSA) is 149 Å². The van der Waals surface area contributed by atoms with Gasteiger partial charge in [-0.15, -0.1) is 0 Å². The van der Waals surface area contributed by atoms with Crippen LogP contribution in [0.3, 0.4) is 0 Å². The average molecular weight is 666 g/mol. The van der Waals surface area contributed by atoms with E-state index < -0.39 is 49.5 Å². The molecule has 0 aliphatic carbocycles. The first-order chi connectivity index (χ1) is 22.8. The minimum Gasteiger partial charge on any atom is -0.394 e. The van der Waals surface area contributed by atoms with Crippen LogP contribution in [0, 0.1) is 0 Å². The van der Waals surface area contributed by atoms with Crippen molar-refractivity contribution in [2.75, 3.05) is 13.2 Å². The Morgan fingerprint density at radius 2 is 1.28 bits per heavy atom. The van der Waals surface area contributed by atoms with E-state index in [9.17, 15) is 30.3 Å². The number of rotatable bonds is 28. The van der Waals surface area contributed by atoms with Crippen LogP contribution in [0.5, 0.6) is 0 Å². The van der Waals surface area contributed by atoms with E-state index in [1.165, 1.54) is 44.9 Å². The SMILES string of the molecule is CCCCC/C=C/C/C=C/CCCCCCCC(=O)N[C@@H](CO[C@H]1O[C@@H](CO)[C@H](O)C(O)C1O)[C@H](O)/C=C/CC/C=C/CCCCC. The second kappa shape index (κ2) is 29.1. The van der Waals surface area contributed by atoms with E-state index in [0.29, 0.717) is 6.42 Å². The van der Waals surface area contributed by atoms with Crippen molar-refractivity contribution in [3.63, 3.8) is 0 Å². The molecule has 0 aromatic heterocycles. The molecule has 1 fully saturated rings. The average Bonchev–Trinajstić information content (AvgIpc) is 3.07. The van der Waals surface area contributed by atoms with Crippen LogP contribution < -0.4 is 5.32 Å². The molecule has 7 atom stereocenters. The van der Waals surface area contributed by atoms with Gasteiger partial charge < -0.3 is 40.3 Å². The highest BCUT2D eigenvalue weighted by atomic mass is 16.7. The molecule has 9 heteroatoms. The highest BCUT2D eigenvalue weighted by Crippen LogP contribution is 2.22. The number of ether oxygens (including phenoxy) is 2. The number of allylic oxidation sites excluding steroid dienone is 7. The van der Waals surface area contributed by atoms with Crippen LogP contribution in [0.4, 0.5) is 0 Å². The van der Waals surface area contributed by atoms with Gasteiger partial charge >= 0.3 is 0 Å². The third-order valence-corrected chi connectivity index (χ3v) is 8.38. The van der Waals surface area contributed by atoms with Crippen molar-refractivity contribution in [2.24, 2.45) is 0 Å². The molecular weight excluding hydrogens is 598 g/mol. The van der Waals surface area contributed by atoms with Gasteiger partial charge in [-0.1, -0.05) is 107 Å². The maximum absolute atomic E-state index is 12.8. The Labute approximate surface area is 284 Å². The smallest absolute Gasteiger partial charge is 0.220 e. The number of carbonyl (C=O) groups is 1. The van der Waals surface area contributed by atoms with Gasteiger partial charge in [-0.25, -0.2) is 0 Å². The van der Waals surface area contributed by atoms with Crippen molar-refractivity contribution in [3.05, 3.63) is 48.6 Å². The fraction of sp³-hybridized carbons (Fsp3) is 0.763. The zero-order valence-electron chi connectivity index (χ0n) is 29.3. The molecule has 2 unspecified atom stereocenters. The van der Waals surface area contributed by atoms with Gasteiger partial charge in [0.25, 0.3) is 0 Å². The second-order valence-corrected chi connectivity index (χ2v) is 12.6. The van der Waals surface area contributed by atoms with Crippen molar-refractivity contribution >= 4 is 5.91 Å². The summed E-state index contributed by atoms with van der Waals surface area (Å²) < 4.78 is 11.1. The summed E-state index contributed by atoms with van der Waals surface area (Å²) in [5.74, 6) is -0.208. The van der Waals surface area contributed by atoms with Crippen molar-refractivity contribution in [3.8, 4) is 0 Å². The van der Waals surface area contributed by atoms with E-state index in [-0.39, 0.29) is 12.5 Å². The van der Waals surface area contributed by atoms with Crippen LogP contribution in [-0.4, -0.2) is 87.5 Å². The first-order valence-electron chi connectivity index (χ1n) is 18.4. The molecule has 0 bridgehead atoms. The first-order valence-corrected chi connectivity index (χ1v) is 18.4. The fourth-order valence-electron chi connectivity index (χ4n) is 5.32. The number of nitrogens with one attached hydrogen (secondary N) is 1. The maximum Gasteiger partial charge on any atom is 0.220 e. The molecule has 1 aliphatic heterocycles. The van der Waals surface area contributed by atoms with Crippen LogP contribution in [0.1, 0.15) is 129 Å². The summed E-state index contributed by atoms with van der Waals surface area (Å²) in [4.78, 5) is 12.8. The largest absolute Gasteiger partial charge is 0.394 e. The summed E-state index contributed by atoms with van der Waals surface area (Å²) in [7, 11) is 0. The summed E-state index contributed by atoms with van der Waals surface area (Å²) in [6.07, 6.45) is 27.3. The molecule has 0 aromatic rings. The molecule has 1 rings (SSSR count). The van der Waals surface area contributed by atoms with Gasteiger partial charge in [-0.05, 0) is 64.2 Å². The lowest BCUT2D eigenvalue weighted by molar-refractivity contribution is -0.302.